The van der Waals surface area contributed by atoms with Gasteiger partial charge in [0.05, 0.1) is 5.56 Å². The molecule has 2 aromatic heterocycles. The molecule has 0 bridgehead atoms. The molecule has 0 unspecified atom stereocenters. The number of hydrogen-bond acceptors (Lipinski definition) is 5. The standard InChI is InChI=1S/C21H23FN4O3/c1-3-13-26-14(2)7-12-17(21(26)28)20-24-19(29-25-20)6-4-5-18(27)23-16-10-8-15(22)9-11-16/h7-12H,3-6,13H2,1-2H3,(H,23,27). The molecule has 1 N–H and O–H groups in total. The quantitative estimate of drug-likeness (QED) is 0.625. The lowest BCUT2D eigenvalue weighted by Gasteiger charge is -2.09. The molecule has 0 saturated carbocycles. The largest absolute Gasteiger partial charge is 0.339 e. The number of amides is 1. The summed E-state index contributed by atoms with van der Waals surface area (Å²) in [5.41, 5.74) is 1.68. The number of nitrogens with one attached hydrogen (secondary N) is 1. The van der Waals surface area contributed by atoms with E-state index in [4.69, 9.17) is 4.52 Å². The fraction of sp³-hybridized carbons (Fsp3) is 0.333. The van der Waals surface area contributed by atoms with Crippen molar-refractivity contribution in [1.82, 2.24) is 14.7 Å². The fourth-order valence-electron chi connectivity index (χ4n) is 2.97. The van der Waals surface area contributed by atoms with Gasteiger partial charge in [0.2, 0.25) is 17.6 Å². The monoisotopic (exact) mass is 398 g/mol. The van der Waals surface area contributed by atoms with Crippen LogP contribution in [0.5, 0.6) is 0 Å². The zero-order valence-electron chi connectivity index (χ0n) is 16.4. The molecular formula is C21H23FN4O3. The van der Waals surface area contributed by atoms with Crippen LogP contribution in [0.25, 0.3) is 11.4 Å². The van der Waals surface area contributed by atoms with Crippen molar-refractivity contribution >= 4 is 11.6 Å². The number of carbonyl (C=O) groups excluding carboxylic acids is 1. The Balaban J connectivity index is 1.58. The van der Waals surface area contributed by atoms with Gasteiger partial charge < -0.3 is 14.4 Å². The molecule has 1 aromatic carbocycles. The highest BCUT2D eigenvalue weighted by Gasteiger charge is 2.15. The number of anilines is 1. The number of aryl methyl sites for hydroxylation is 2. The summed E-state index contributed by atoms with van der Waals surface area (Å²) in [6.07, 6.45) is 2.02. The molecule has 0 fully saturated rings. The zero-order valence-corrected chi connectivity index (χ0v) is 16.4. The van der Waals surface area contributed by atoms with E-state index in [0.717, 1.165) is 12.1 Å². The fourth-order valence-corrected chi connectivity index (χ4v) is 2.97. The Labute approximate surface area is 167 Å². The first-order valence-electron chi connectivity index (χ1n) is 9.56. The second kappa shape index (κ2) is 9.27. The summed E-state index contributed by atoms with van der Waals surface area (Å²) in [6.45, 7) is 4.53. The van der Waals surface area contributed by atoms with E-state index < -0.39 is 0 Å². The predicted molar refractivity (Wildman–Crippen MR) is 107 cm³/mol. The lowest BCUT2D eigenvalue weighted by molar-refractivity contribution is -0.116. The average molecular weight is 398 g/mol. The van der Waals surface area contributed by atoms with E-state index in [1.807, 2.05) is 19.9 Å². The van der Waals surface area contributed by atoms with Gasteiger partial charge in [0.1, 0.15) is 5.82 Å². The van der Waals surface area contributed by atoms with Gasteiger partial charge in [-0.15, -0.1) is 0 Å². The van der Waals surface area contributed by atoms with Gasteiger partial charge in [0, 0.05) is 30.8 Å². The lowest BCUT2D eigenvalue weighted by Crippen LogP contribution is -2.23. The summed E-state index contributed by atoms with van der Waals surface area (Å²) in [5, 5.41) is 6.62. The molecule has 8 heteroatoms. The molecule has 0 saturated heterocycles. The Hall–Kier alpha value is -3.29. The van der Waals surface area contributed by atoms with Crippen molar-refractivity contribution in [3.8, 4) is 11.4 Å². The molecule has 0 spiro atoms. The van der Waals surface area contributed by atoms with Crippen molar-refractivity contribution < 1.29 is 13.7 Å². The number of halogens is 1. The Bertz CT molecular complexity index is 1040. The Kier molecular flexibility index (Phi) is 6.54. The molecule has 1 amide bonds. The van der Waals surface area contributed by atoms with Crippen molar-refractivity contribution in [3.05, 3.63) is 64.2 Å². The number of aromatic nitrogens is 3. The van der Waals surface area contributed by atoms with E-state index in [0.29, 0.717) is 36.5 Å². The van der Waals surface area contributed by atoms with Gasteiger partial charge in [0.15, 0.2) is 0 Å². The van der Waals surface area contributed by atoms with Gasteiger partial charge in [-0.1, -0.05) is 12.1 Å². The van der Waals surface area contributed by atoms with Crippen LogP contribution in [-0.2, 0) is 17.8 Å². The van der Waals surface area contributed by atoms with Crippen molar-refractivity contribution in [2.24, 2.45) is 0 Å². The second-order valence-electron chi connectivity index (χ2n) is 6.77. The number of hydrogen-bond donors (Lipinski definition) is 1. The van der Waals surface area contributed by atoms with Crippen LogP contribution in [0, 0.1) is 12.7 Å². The maximum Gasteiger partial charge on any atom is 0.261 e. The van der Waals surface area contributed by atoms with E-state index >= 15 is 0 Å². The van der Waals surface area contributed by atoms with Crippen LogP contribution < -0.4 is 10.9 Å². The molecular weight excluding hydrogens is 375 g/mol. The highest BCUT2D eigenvalue weighted by molar-refractivity contribution is 5.90. The molecule has 0 aliphatic rings. The molecule has 0 radical (unpaired) electrons. The van der Waals surface area contributed by atoms with E-state index in [1.165, 1.54) is 24.3 Å². The summed E-state index contributed by atoms with van der Waals surface area (Å²) in [4.78, 5) is 28.9. The van der Waals surface area contributed by atoms with Crippen molar-refractivity contribution in [2.75, 3.05) is 5.32 Å². The summed E-state index contributed by atoms with van der Waals surface area (Å²) in [7, 11) is 0. The van der Waals surface area contributed by atoms with Crippen LogP contribution >= 0.6 is 0 Å². The van der Waals surface area contributed by atoms with Crippen molar-refractivity contribution in [1.29, 1.82) is 0 Å². The molecule has 0 aliphatic carbocycles. The first kappa shape index (κ1) is 20.4. The highest BCUT2D eigenvalue weighted by Crippen LogP contribution is 2.14. The van der Waals surface area contributed by atoms with Crippen molar-refractivity contribution in [3.63, 3.8) is 0 Å². The minimum absolute atomic E-state index is 0.141. The molecule has 2 heterocycles. The van der Waals surface area contributed by atoms with E-state index in [1.54, 1.807) is 10.6 Å². The van der Waals surface area contributed by atoms with Gasteiger partial charge in [-0.05, 0) is 56.2 Å². The van der Waals surface area contributed by atoms with Crippen LogP contribution in [0.2, 0.25) is 0 Å². The Morgan fingerprint density at radius 2 is 1.97 bits per heavy atom. The van der Waals surface area contributed by atoms with Crippen LogP contribution in [0.3, 0.4) is 0 Å². The number of benzene rings is 1. The molecule has 152 valence electrons. The Morgan fingerprint density at radius 3 is 2.69 bits per heavy atom. The normalized spacial score (nSPS) is 10.9. The van der Waals surface area contributed by atoms with E-state index in [2.05, 4.69) is 15.5 Å². The molecule has 29 heavy (non-hydrogen) atoms. The van der Waals surface area contributed by atoms with Gasteiger partial charge in [-0.3, -0.25) is 9.59 Å². The highest BCUT2D eigenvalue weighted by atomic mass is 19.1. The minimum atomic E-state index is -0.356. The maximum absolute atomic E-state index is 12.9. The SMILES string of the molecule is CCCn1c(C)ccc(-c2noc(CCCC(=O)Nc3ccc(F)cc3)n2)c1=O. The van der Waals surface area contributed by atoms with Gasteiger partial charge in [0.25, 0.3) is 5.56 Å². The first-order chi connectivity index (χ1) is 14.0. The average Bonchev–Trinajstić information content (AvgIpc) is 3.15. The van der Waals surface area contributed by atoms with Crippen LogP contribution in [0.4, 0.5) is 10.1 Å². The molecule has 3 aromatic rings. The third kappa shape index (κ3) is 5.16. The number of carbonyl (C=O) groups is 1. The number of nitrogens with zero attached hydrogens (tertiary/aromatic N) is 3. The van der Waals surface area contributed by atoms with Crippen LogP contribution in [-0.4, -0.2) is 20.6 Å². The number of rotatable bonds is 8. The van der Waals surface area contributed by atoms with Gasteiger partial charge in [-0.25, -0.2) is 4.39 Å². The molecule has 3 rings (SSSR count). The van der Waals surface area contributed by atoms with Crippen LogP contribution in [0.1, 0.15) is 37.8 Å². The summed E-state index contributed by atoms with van der Waals surface area (Å²) in [6, 6.07) is 9.15. The molecule has 0 atom stereocenters. The molecule has 0 aliphatic heterocycles. The zero-order chi connectivity index (χ0) is 20.8. The number of pyridine rings is 1. The Morgan fingerprint density at radius 1 is 1.21 bits per heavy atom. The van der Waals surface area contributed by atoms with Gasteiger partial charge >= 0.3 is 0 Å². The van der Waals surface area contributed by atoms with E-state index in [9.17, 15) is 14.0 Å². The summed E-state index contributed by atoms with van der Waals surface area (Å²) < 4.78 is 19.8. The summed E-state index contributed by atoms with van der Waals surface area (Å²) >= 11 is 0. The first-order valence-corrected chi connectivity index (χ1v) is 9.56. The summed E-state index contributed by atoms with van der Waals surface area (Å²) in [5.74, 6) is 0.0878. The van der Waals surface area contributed by atoms with Crippen LogP contribution in [0.15, 0.2) is 45.7 Å². The molecule has 7 nitrogen and oxygen atoms in total. The van der Waals surface area contributed by atoms with Crippen molar-refractivity contribution in [2.45, 2.75) is 46.1 Å². The maximum atomic E-state index is 12.9. The minimum Gasteiger partial charge on any atom is -0.339 e. The van der Waals surface area contributed by atoms with E-state index in [-0.39, 0.29) is 29.5 Å². The van der Waals surface area contributed by atoms with Gasteiger partial charge in [-0.2, -0.15) is 4.98 Å². The third-order valence-electron chi connectivity index (χ3n) is 4.47. The smallest absolute Gasteiger partial charge is 0.261 e. The third-order valence-corrected chi connectivity index (χ3v) is 4.47. The topological polar surface area (TPSA) is 90.0 Å². The predicted octanol–water partition coefficient (Wildman–Crippen LogP) is 3.72. The second-order valence-corrected chi connectivity index (χ2v) is 6.77. The lowest BCUT2D eigenvalue weighted by atomic mass is 10.2.